The molecule has 0 atom stereocenters. The van der Waals surface area contributed by atoms with Crippen molar-refractivity contribution < 1.29 is 9.53 Å². The Kier molecular flexibility index (Phi) is 7.65. The van der Waals surface area contributed by atoms with Gasteiger partial charge in [-0.25, -0.2) is 0 Å². The second-order valence-corrected chi connectivity index (χ2v) is 6.35. The Morgan fingerprint density at radius 3 is 2.58 bits per heavy atom. The van der Waals surface area contributed by atoms with Crippen molar-refractivity contribution in [2.24, 2.45) is 0 Å². The number of hydrogen-bond acceptors (Lipinski definition) is 4. The number of benzene rings is 2. The van der Waals surface area contributed by atoms with E-state index in [4.69, 9.17) is 4.74 Å². The van der Waals surface area contributed by atoms with Crippen LogP contribution in [0, 0.1) is 0 Å². The fourth-order valence-electron chi connectivity index (χ4n) is 2.30. The molecule has 0 saturated carbocycles. The molecule has 0 aliphatic rings. The van der Waals surface area contributed by atoms with Crippen molar-refractivity contribution in [3.63, 3.8) is 0 Å². The molecule has 1 amide bonds. The molecule has 1 N–H and O–H groups in total. The Bertz CT molecular complexity index is 634. The van der Waals surface area contributed by atoms with Crippen molar-refractivity contribution >= 4 is 23.4 Å². The summed E-state index contributed by atoms with van der Waals surface area (Å²) >= 11 is 1.63. The number of likely N-dealkylation sites (N-methyl/N-ethyl adjacent to an activating group) is 1. The summed E-state index contributed by atoms with van der Waals surface area (Å²) < 4.78 is 5.66. The van der Waals surface area contributed by atoms with Crippen molar-refractivity contribution in [3.05, 3.63) is 54.6 Å². The zero-order chi connectivity index (χ0) is 17.2. The van der Waals surface area contributed by atoms with E-state index < -0.39 is 0 Å². The molecule has 0 fully saturated rings. The van der Waals surface area contributed by atoms with Crippen LogP contribution in [-0.2, 0) is 4.79 Å². The molecule has 24 heavy (non-hydrogen) atoms. The highest BCUT2D eigenvalue weighted by Gasteiger charge is 2.09. The van der Waals surface area contributed by atoms with Crippen LogP contribution in [-0.4, -0.2) is 43.8 Å². The first-order valence-electron chi connectivity index (χ1n) is 7.98. The summed E-state index contributed by atoms with van der Waals surface area (Å²) in [5, 5.41) is 2.98. The number of thioether (sulfide) groups is 1. The number of nitrogens with zero attached hydrogens (tertiary/aromatic N) is 1. The molecular weight excluding hydrogens is 320 g/mol. The Morgan fingerprint density at radius 1 is 1.12 bits per heavy atom. The first-order chi connectivity index (χ1) is 11.7. The second kappa shape index (κ2) is 10.0. The van der Waals surface area contributed by atoms with Gasteiger partial charge < -0.3 is 10.1 Å². The molecule has 0 unspecified atom stereocenters. The molecule has 0 radical (unpaired) electrons. The van der Waals surface area contributed by atoms with E-state index in [1.807, 2.05) is 72.8 Å². The maximum absolute atomic E-state index is 12.2. The van der Waals surface area contributed by atoms with Gasteiger partial charge in [0.1, 0.15) is 5.75 Å². The van der Waals surface area contributed by atoms with E-state index in [2.05, 4.69) is 5.32 Å². The Hall–Kier alpha value is -1.98. The molecule has 5 heteroatoms. The summed E-state index contributed by atoms with van der Waals surface area (Å²) in [6, 6.07) is 17.6. The van der Waals surface area contributed by atoms with Crippen molar-refractivity contribution in [1.29, 1.82) is 0 Å². The van der Waals surface area contributed by atoms with Gasteiger partial charge in [0.05, 0.1) is 18.8 Å². The summed E-state index contributed by atoms with van der Waals surface area (Å²) in [4.78, 5) is 15.2. The first kappa shape index (κ1) is 18.4. The van der Waals surface area contributed by atoms with E-state index in [1.54, 1.807) is 11.8 Å². The number of carbonyl (C=O) groups is 1. The van der Waals surface area contributed by atoms with Crippen molar-refractivity contribution in [3.8, 4) is 5.75 Å². The van der Waals surface area contributed by atoms with E-state index in [-0.39, 0.29) is 5.91 Å². The molecule has 0 spiro atoms. The van der Waals surface area contributed by atoms with Crippen LogP contribution in [0.2, 0.25) is 0 Å². The van der Waals surface area contributed by atoms with Crippen molar-refractivity contribution in [2.45, 2.75) is 11.3 Å². The fourth-order valence-corrected chi connectivity index (χ4v) is 2.86. The van der Waals surface area contributed by atoms with Gasteiger partial charge in [0, 0.05) is 11.4 Å². The summed E-state index contributed by atoms with van der Waals surface area (Å²) in [5.41, 5.74) is 0.871. The lowest BCUT2D eigenvalue weighted by Crippen LogP contribution is -2.31. The topological polar surface area (TPSA) is 41.6 Å². The van der Waals surface area contributed by atoms with Crippen LogP contribution in [0.3, 0.4) is 0 Å². The number of carbonyl (C=O) groups excluding carboxylic acids is 1. The van der Waals surface area contributed by atoms with Crippen LogP contribution in [0.4, 0.5) is 5.69 Å². The highest BCUT2D eigenvalue weighted by molar-refractivity contribution is 7.98. The van der Waals surface area contributed by atoms with E-state index in [0.29, 0.717) is 13.2 Å². The first-order valence-corrected chi connectivity index (χ1v) is 9.21. The summed E-state index contributed by atoms with van der Waals surface area (Å²) in [6.07, 6.45) is 2.88. The van der Waals surface area contributed by atoms with Gasteiger partial charge in [-0.05, 0) is 44.0 Å². The van der Waals surface area contributed by atoms with Crippen molar-refractivity contribution in [2.75, 3.05) is 38.3 Å². The summed E-state index contributed by atoms with van der Waals surface area (Å²) in [7, 11) is 1.95. The molecular formula is C19H24N2O2S. The number of rotatable bonds is 9. The lowest BCUT2D eigenvalue weighted by atomic mass is 10.3. The molecule has 0 aliphatic carbocycles. The minimum absolute atomic E-state index is 0.00276. The zero-order valence-electron chi connectivity index (χ0n) is 14.2. The number of para-hydroxylation sites is 2. The monoisotopic (exact) mass is 344 g/mol. The smallest absolute Gasteiger partial charge is 0.238 e. The molecule has 4 nitrogen and oxygen atoms in total. The van der Waals surface area contributed by atoms with Gasteiger partial charge in [0.15, 0.2) is 0 Å². The molecule has 128 valence electrons. The third-order valence-electron chi connectivity index (χ3n) is 3.49. The van der Waals surface area contributed by atoms with Crippen LogP contribution in [0.5, 0.6) is 5.75 Å². The maximum Gasteiger partial charge on any atom is 0.238 e. The van der Waals surface area contributed by atoms with E-state index >= 15 is 0 Å². The predicted molar refractivity (Wildman–Crippen MR) is 101 cm³/mol. The number of anilines is 1. The van der Waals surface area contributed by atoms with E-state index in [9.17, 15) is 4.79 Å². The van der Waals surface area contributed by atoms with Gasteiger partial charge in [0.2, 0.25) is 5.91 Å². The van der Waals surface area contributed by atoms with Gasteiger partial charge in [-0.2, -0.15) is 0 Å². The Balaban J connectivity index is 1.68. The number of ether oxygens (including phenoxy) is 1. The predicted octanol–water partition coefficient (Wildman–Crippen LogP) is 3.75. The Morgan fingerprint density at radius 2 is 1.83 bits per heavy atom. The molecule has 2 aromatic rings. The molecule has 0 heterocycles. The van der Waals surface area contributed by atoms with Crippen LogP contribution in [0.1, 0.15) is 6.42 Å². The minimum Gasteiger partial charge on any atom is -0.494 e. The second-order valence-electron chi connectivity index (χ2n) is 5.50. The van der Waals surface area contributed by atoms with E-state index in [0.717, 1.165) is 29.3 Å². The summed E-state index contributed by atoms with van der Waals surface area (Å²) in [5.74, 6) is 0.884. The standard InChI is InChI=1S/C19H24N2O2S/c1-21(13-8-14-23-16-9-4-3-5-10-16)15-19(22)20-17-11-6-7-12-18(17)24-2/h3-7,9-12H,8,13-15H2,1-2H3,(H,20,22). The number of hydrogen-bond donors (Lipinski definition) is 1. The zero-order valence-corrected chi connectivity index (χ0v) is 15.0. The molecule has 0 aliphatic heterocycles. The van der Waals surface area contributed by atoms with Gasteiger partial charge in [-0.3, -0.25) is 9.69 Å². The van der Waals surface area contributed by atoms with Crippen LogP contribution in [0.15, 0.2) is 59.5 Å². The highest BCUT2D eigenvalue weighted by Crippen LogP contribution is 2.24. The third-order valence-corrected chi connectivity index (χ3v) is 4.29. The van der Waals surface area contributed by atoms with Gasteiger partial charge in [0.25, 0.3) is 0 Å². The number of amides is 1. The van der Waals surface area contributed by atoms with Crippen LogP contribution >= 0.6 is 11.8 Å². The summed E-state index contributed by atoms with van der Waals surface area (Å²) in [6.45, 7) is 1.82. The molecule has 2 rings (SSSR count). The lowest BCUT2D eigenvalue weighted by Gasteiger charge is -2.17. The third kappa shape index (κ3) is 6.26. The number of nitrogens with one attached hydrogen (secondary N) is 1. The molecule has 0 bridgehead atoms. The van der Waals surface area contributed by atoms with Gasteiger partial charge >= 0.3 is 0 Å². The quantitative estimate of drug-likeness (QED) is 0.556. The molecule has 0 saturated heterocycles. The minimum atomic E-state index is 0.00276. The van der Waals surface area contributed by atoms with Crippen LogP contribution < -0.4 is 10.1 Å². The SMILES string of the molecule is CSc1ccccc1NC(=O)CN(C)CCCOc1ccccc1. The van der Waals surface area contributed by atoms with Gasteiger partial charge in [-0.15, -0.1) is 11.8 Å². The normalized spacial score (nSPS) is 10.6. The Labute approximate surface area is 148 Å². The van der Waals surface area contributed by atoms with Crippen molar-refractivity contribution in [1.82, 2.24) is 4.90 Å². The van der Waals surface area contributed by atoms with Gasteiger partial charge in [-0.1, -0.05) is 30.3 Å². The maximum atomic E-state index is 12.2. The average Bonchev–Trinajstić information content (AvgIpc) is 2.60. The van der Waals surface area contributed by atoms with Crippen LogP contribution in [0.25, 0.3) is 0 Å². The molecule has 2 aromatic carbocycles. The largest absolute Gasteiger partial charge is 0.494 e. The lowest BCUT2D eigenvalue weighted by molar-refractivity contribution is -0.117. The fraction of sp³-hybridized carbons (Fsp3) is 0.316. The van der Waals surface area contributed by atoms with E-state index in [1.165, 1.54) is 0 Å². The molecule has 0 aromatic heterocycles. The average molecular weight is 344 g/mol. The highest BCUT2D eigenvalue weighted by atomic mass is 32.2.